The molecule has 31 heavy (non-hydrogen) atoms. The molecule has 4 rings (SSSR count). The van der Waals surface area contributed by atoms with E-state index in [1.165, 1.54) is 12.1 Å². The molecule has 0 unspecified atom stereocenters. The van der Waals surface area contributed by atoms with Crippen molar-refractivity contribution in [2.75, 3.05) is 5.73 Å². The van der Waals surface area contributed by atoms with Crippen LogP contribution in [0.2, 0.25) is 0 Å². The molecule has 0 bridgehead atoms. The van der Waals surface area contributed by atoms with E-state index in [-0.39, 0.29) is 42.6 Å². The Morgan fingerprint density at radius 3 is 2.48 bits per heavy atom. The molecule has 1 aromatic heterocycles. The lowest BCUT2D eigenvalue weighted by molar-refractivity contribution is -0.134. The van der Waals surface area contributed by atoms with Crippen molar-refractivity contribution >= 4 is 28.7 Å². The number of halogens is 2. The van der Waals surface area contributed by atoms with Crippen molar-refractivity contribution in [3.63, 3.8) is 0 Å². The fourth-order valence-corrected chi connectivity index (χ4v) is 3.56. The van der Waals surface area contributed by atoms with Crippen LogP contribution in [0, 0.1) is 0 Å². The number of hydrogen-bond acceptors (Lipinski definition) is 6. The van der Waals surface area contributed by atoms with Gasteiger partial charge in [0.2, 0.25) is 12.4 Å². The molecule has 0 aliphatic carbocycles. The third-order valence-corrected chi connectivity index (χ3v) is 5.05. The molecule has 0 saturated heterocycles. The largest absolute Gasteiger partial charge is 0.427 e. The third-order valence-electron chi connectivity index (χ3n) is 5.05. The minimum absolute atomic E-state index is 0.0307. The predicted molar refractivity (Wildman–Crippen MR) is 109 cm³/mol. The number of alkyl halides is 2. The van der Waals surface area contributed by atoms with E-state index < -0.39 is 12.4 Å². The Kier molecular flexibility index (Phi) is 5.75. The number of nitrogens with zero attached hydrogens (tertiary/aromatic N) is 3. The summed E-state index contributed by atoms with van der Waals surface area (Å²) < 4.78 is 29.7. The highest BCUT2D eigenvalue weighted by atomic mass is 19.3. The van der Waals surface area contributed by atoms with E-state index in [2.05, 4.69) is 9.97 Å². The number of anilines is 1. The molecule has 1 aliphatic heterocycles. The monoisotopic (exact) mass is 426 g/mol. The van der Waals surface area contributed by atoms with E-state index in [0.717, 1.165) is 11.1 Å². The molecule has 0 saturated carbocycles. The van der Waals surface area contributed by atoms with Crippen molar-refractivity contribution in [3.8, 4) is 5.75 Å². The number of carbonyl (C=O) groups excluding carboxylic acids is 2. The molecule has 2 aromatic carbocycles. The average Bonchev–Trinajstić information content (AvgIpc) is 3.17. The van der Waals surface area contributed by atoms with Crippen LogP contribution in [-0.2, 0) is 17.9 Å². The summed E-state index contributed by atoms with van der Waals surface area (Å²) in [5.74, 6) is -0.791. The second kappa shape index (κ2) is 8.63. The number of carbonyl (C=O) groups is 2. The molecular formula is C22H20F2N4O3. The van der Waals surface area contributed by atoms with Gasteiger partial charge in [-0.25, -0.2) is 18.7 Å². The molecule has 1 amide bonds. The van der Waals surface area contributed by atoms with E-state index in [9.17, 15) is 18.4 Å². The van der Waals surface area contributed by atoms with Crippen LogP contribution in [0.5, 0.6) is 5.75 Å². The highest BCUT2D eigenvalue weighted by molar-refractivity contribution is 6.05. The van der Waals surface area contributed by atoms with Gasteiger partial charge in [-0.1, -0.05) is 24.3 Å². The van der Waals surface area contributed by atoms with E-state index in [1.807, 2.05) is 24.3 Å². The maximum Gasteiger partial charge on any atom is 0.311 e. The molecule has 2 N–H and O–H groups in total. The molecule has 1 aliphatic rings. The zero-order chi connectivity index (χ0) is 22.0. The molecule has 7 nitrogen and oxygen atoms in total. The van der Waals surface area contributed by atoms with Gasteiger partial charge in [-0.3, -0.25) is 9.59 Å². The maximum atomic E-state index is 13.2. The Bertz CT molecular complexity index is 1130. The molecular weight excluding hydrogens is 406 g/mol. The van der Waals surface area contributed by atoms with Crippen molar-refractivity contribution in [1.82, 2.24) is 14.9 Å². The van der Waals surface area contributed by atoms with Gasteiger partial charge in [-0.2, -0.15) is 0 Å². The number of benzene rings is 2. The van der Waals surface area contributed by atoms with Gasteiger partial charge >= 0.3 is 5.97 Å². The summed E-state index contributed by atoms with van der Waals surface area (Å²) in [5, 5.41) is 0.396. The Morgan fingerprint density at radius 1 is 1.10 bits per heavy atom. The summed E-state index contributed by atoms with van der Waals surface area (Å²) in [6.45, 7) is 0.915. The standard InChI is InChI=1S/C22H20F2N4O3/c23-18(24)6-3-7-19(29)31-15-8-9-17-16(10-15)20(27-22(25)26-17)21(30)28-11-13-4-1-2-5-14(13)12-28/h1-2,4-5,8-10,18H,3,6-7,11-12H2,(H2,25,26,27). The number of amides is 1. The summed E-state index contributed by atoms with van der Waals surface area (Å²) in [7, 11) is 0. The van der Waals surface area contributed by atoms with Gasteiger partial charge in [-0.15, -0.1) is 0 Å². The van der Waals surface area contributed by atoms with Crippen molar-refractivity contribution in [3.05, 3.63) is 59.3 Å². The molecule has 2 heterocycles. The Balaban J connectivity index is 1.57. The Hall–Kier alpha value is -3.62. The normalized spacial score (nSPS) is 12.9. The van der Waals surface area contributed by atoms with Crippen LogP contribution in [-0.4, -0.2) is 33.2 Å². The molecule has 0 atom stereocenters. The first kappa shape index (κ1) is 20.6. The van der Waals surface area contributed by atoms with Gasteiger partial charge in [0.15, 0.2) is 0 Å². The first-order valence-electron chi connectivity index (χ1n) is 9.83. The molecule has 0 spiro atoms. The smallest absolute Gasteiger partial charge is 0.311 e. The highest BCUT2D eigenvalue weighted by Gasteiger charge is 2.27. The van der Waals surface area contributed by atoms with Crippen molar-refractivity contribution in [2.45, 2.75) is 38.8 Å². The average molecular weight is 426 g/mol. The number of rotatable bonds is 6. The SMILES string of the molecule is Nc1nc(C(=O)N2Cc3ccccc3C2)c2cc(OC(=O)CCCC(F)F)ccc2n1. The maximum absolute atomic E-state index is 13.2. The van der Waals surface area contributed by atoms with E-state index in [4.69, 9.17) is 10.5 Å². The number of fused-ring (bicyclic) bond motifs is 2. The number of ether oxygens (including phenoxy) is 1. The van der Waals surface area contributed by atoms with Crippen LogP contribution in [0.3, 0.4) is 0 Å². The lowest BCUT2D eigenvalue weighted by Gasteiger charge is -2.16. The van der Waals surface area contributed by atoms with Gasteiger partial charge in [0.25, 0.3) is 5.91 Å². The number of aromatic nitrogens is 2. The van der Waals surface area contributed by atoms with Gasteiger partial charge in [0.1, 0.15) is 11.4 Å². The second-order valence-electron chi connectivity index (χ2n) is 7.30. The number of nitrogen functional groups attached to an aromatic ring is 1. The Labute approximate surface area is 176 Å². The molecule has 0 fully saturated rings. The summed E-state index contributed by atoms with van der Waals surface area (Å²) in [6.07, 6.45) is -2.92. The van der Waals surface area contributed by atoms with Crippen LogP contribution >= 0.6 is 0 Å². The van der Waals surface area contributed by atoms with Crippen LogP contribution in [0.25, 0.3) is 10.9 Å². The van der Waals surface area contributed by atoms with Gasteiger partial charge in [-0.05, 0) is 35.7 Å². The fourth-order valence-electron chi connectivity index (χ4n) is 3.56. The molecule has 160 valence electrons. The Morgan fingerprint density at radius 2 is 1.81 bits per heavy atom. The van der Waals surface area contributed by atoms with Crippen molar-refractivity contribution < 1.29 is 23.1 Å². The van der Waals surface area contributed by atoms with Gasteiger partial charge < -0.3 is 15.4 Å². The zero-order valence-corrected chi connectivity index (χ0v) is 16.6. The first-order chi connectivity index (χ1) is 14.9. The summed E-state index contributed by atoms with van der Waals surface area (Å²) in [5.41, 5.74) is 8.50. The number of nitrogens with two attached hydrogens (primary N) is 1. The topological polar surface area (TPSA) is 98.4 Å². The quantitative estimate of drug-likeness (QED) is 0.477. The zero-order valence-electron chi connectivity index (χ0n) is 16.6. The second-order valence-corrected chi connectivity index (χ2v) is 7.30. The number of esters is 1. The van der Waals surface area contributed by atoms with Gasteiger partial charge in [0.05, 0.1) is 5.52 Å². The predicted octanol–water partition coefficient (Wildman–Crippen LogP) is 3.71. The van der Waals surface area contributed by atoms with Gasteiger partial charge in [0, 0.05) is 31.3 Å². The summed E-state index contributed by atoms with van der Waals surface area (Å²) in [4.78, 5) is 35.1. The van der Waals surface area contributed by atoms with E-state index in [1.54, 1.807) is 11.0 Å². The third kappa shape index (κ3) is 4.60. The summed E-state index contributed by atoms with van der Waals surface area (Å²) >= 11 is 0. The lowest BCUT2D eigenvalue weighted by atomic mass is 10.1. The van der Waals surface area contributed by atoms with Crippen LogP contribution in [0.1, 0.15) is 40.9 Å². The minimum atomic E-state index is -2.46. The lowest BCUT2D eigenvalue weighted by Crippen LogP contribution is -2.27. The van der Waals surface area contributed by atoms with Crippen molar-refractivity contribution in [1.29, 1.82) is 0 Å². The van der Waals surface area contributed by atoms with Crippen LogP contribution in [0.15, 0.2) is 42.5 Å². The molecule has 3 aromatic rings. The number of hydrogen-bond donors (Lipinski definition) is 1. The minimum Gasteiger partial charge on any atom is -0.427 e. The highest BCUT2D eigenvalue weighted by Crippen LogP contribution is 2.28. The molecule has 0 radical (unpaired) electrons. The van der Waals surface area contributed by atoms with Crippen LogP contribution < -0.4 is 10.5 Å². The van der Waals surface area contributed by atoms with Crippen molar-refractivity contribution in [2.24, 2.45) is 0 Å². The first-order valence-corrected chi connectivity index (χ1v) is 9.83. The van der Waals surface area contributed by atoms with E-state index >= 15 is 0 Å². The van der Waals surface area contributed by atoms with E-state index in [0.29, 0.717) is 24.0 Å². The fraction of sp³-hybridized carbons (Fsp3) is 0.273. The molecule has 9 heteroatoms. The summed E-state index contributed by atoms with van der Waals surface area (Å²) in [6, 6.07) is 12.4. The van der Waals surface area contributed by atoms with Crippen LogP contribution in [0.4, 0.5) is 14.7 Å².